The van der Waals surface area contributed by atoms with Crippen molar-refractivity contribution in [2.75, 3.05) is 0 Å². The summed E-state index contributed by atoms with van der Waals surface area (Å²) in [5.74, 6) is -2.94. The molecular formula is C7H5BrCl2F2S. The molecule has 1 atom stereocenters. The van der Waals surface area contributed by atoms with E-state index in [1.165, 1.54) is 6.07 Å². The van der Waals surface area contributed by atoms with Gasteiger partial charge in [0.2, 0.25) is 0 Å². The van der Waals surface area contributed by atoms with Crippen molar-refractivity contribution in [3.05, 3.63) is 19.8 Å². The predicted octanol–water partition coefficient (Wildman–Crippen LogP) is 5.10. The van der Waals surface area contributed by atoms with Gasteiger partial charge in [-0.3, -0.25) is 0 Å². The third-order valence-electron chi connectivity index (χ3n) is 1.36. The first-order valence-corrected chi connectivity index (χ1v) is 5.71. The van der Waals surface area contributed by atoms with Gasteiger partial charge in [-0.15, -0.1) is 22.9 Å². The van der Waals surface area contributed by atoms with Gasteiger partial charge in [-0.25, -0.2) is 8.78 Å². The maximum atomic E-state index is 12.8. The molecule has 0 nitrogen and oxygen atoms in total. The topological polar surface area (TPSA) is 0 Å². The fourth-order valence-corrected chi connectivity index (χ4v) is 2.75. The van der Waals surface area contributed by atoms with Crippen molar-refractivity contribution in [3.8, 4) is 0 Å². The highest BCUT2D eigenvalue weighted by molar-refractivity contribution is 9.10. The van der Waals surface area contributed by atoms with Gasteiger partial charge in [-0.05, 0) is 22.0 Å². The minimum atomic E-state index is -2.94. The summed E-state index contributed by atoms with van der Waals surface area (Å²) in [5.41, 5.74) is 0. The molecule has 0 saturated heterocycles. The van der Waals surface area contributed by atoms with Gasteiger partial charge >= 0.3 is 0 Å². The summed E-state index contributed by atoms with van der Waals surface area (Å²) in [4.78, 5) is 0.367. The second-order valence-corrected chi connectivity index (χ2v) is 5.57. The maximum absolute atomic E-state index is 12.8. The van der Waals surface area contributed by atoms with E-state index in [-0.39, 0.29) is 0 Å². The Labute approximate surface area is 97.0 Å². The summed E-state index contributed by atoms with van der Waals surface area (Å²) in [7, 11) is 0. The molecule has 13 heavy (non-hydrogen) atoms. The standard InChI is InChI=1S/C7H5BrCl2F2S/c1-7(11,12)5(9)4-2-3(8)6(10)13-4/h2,5H,1H3. The van der Waals surface area contributed by atoms with E-state index in [4.69, 9.17) is 23.2 Å². The Balaban J connectivity index is 2.96. The van der Waals surface area contributed by atoms with Crippen molar-refractivity contribution < 1.29 is 8.78 Å². The largest absolute Gasteiger partial charge is 0.266 e. The Morgan fingerprint density at radius 1 is 1.62 bits per heavy atom. The van der Waals surface area contributed by atoms with Crippen LogP contribution in [0.5, 0.6) is 0 Å². The number of hydrogen-bond acceptors (Lipinski definition) is 1. The van der Waals surface area contributed by atoms with E-state index in [0.717, 1.165) is 18.3 Å². The summed E-state index contributed by atoms with van der Waals surface area (Å²) in [6.07, 6.45) is 0. The molecule has 0 spiro atoms. The minimum absolute atomic E-state index is 0.367. The molecule has 1 rings (SSSR count). The van der Waals surface area contributed by atoms with E-state index in [1.807, 2.05) is 0 Å². The molecule has 0 aliphatic rings. The zero-order valence-corrected chi connectivity index (χ0v) is 10.4. The first-order chi connectivity index (χ1) is 5.82. The maximum Gasteiger partial charge on any atom is 0.266 e. The fraction of sp³-hybridized carbons (Fsp3) is 0.429. The second-order valence-electron chi connectivity index (χ2n) is 2.59. The predicted molar refractivity (Wildman–Crippen MR) is 56.2 cm³/mol. The van der Waals surface area contributed by atoms with E-state index in [9.17, 15) is 8.78 Å². The average molecular weight is 310 g/mol. The van der Waals surface area contributed by atoms with Gasteiger partial charge in [0.1, 0.15) is 9.71 Å². The minimum Gasteiger partial charge on any atom is -0.205 e. The molecule has 0 fully saturated rings. The SMILES string of the molecule is CC(F)(F)C(Cl)c1cc(Br)c(Cl)s1. The summed E-state index contributed by atoms with van der Waals surface area (Å²) >= 11 is 15.4. The molecule has 0 saturated carbocycles. The number of halogens is 5. The second kappa shape index (κ2) is 4.01. The highest BCUT2D eigenvalue weighted by Crippen LogP contribution is 2.43. The van der Waals surface area contributed by atoms with Gasteiger partial charge in [0, 0.05) is 16.3 Å². The van der Waals surface area contributed by atoms with Crippen molar-refractivity contribution in [2.45, 2.75) is 18.2 Å². The van der Waals surface area contributed by atoms with Crippen molar-refractivity contribution >= 4 is 50.5 Å². The summed E-state index contributed by atoms with van der Waals surface area (Å²) in [6.45, 7) is 0.784. The zero-order valence-electron chi connectivity index (χ0n) is 6.45. The smallest absolute Gasteiger partial charge is 0.205 e. The molecule has 0 aliphatic carbocycles. The van der Waals surface area contributed by atoms with Crippen LogP contribution < -0.4 is 0 Å². The molecule has 0 amide bonds. The number of rotatable bonds is 2. The first-order valence-electron chi connectivity index (χ1n) is 3.29. The Morgan fingerprint density at radius 2 is 2.15 bits per heavy atom. The molecule has 0 aromatic carbocycles. The Morgan fingerprint density at radius 3 is 2.46 bits per heavy atom. The molecule has 1 heterocycles. The Bertz CT molecular complexity index is 288. The zero-order chi connectivity index (χ0) is 10.2. The van der Waals surface area contributed by atoms with Gasteiger partial charge in [-0.1, -0.05) is 11.6 Å². The van der Waals surface area contributed by atoms with Crippen LogP contribution in [0.1, 0.15) is 17.2 Å². The van der Waals surface area contributed by atoms with Crippen LogP contribution in [0.25, 0.3) is 0 Å². The molecule has 0 radical (unpaired) electrons. The van der Waals surface area contributed by atoms with E-state index >= 15 is 0 Å². The van der Waals surface area contributed by atoms with Gasteiger partial charge in [-0.2, -0.15) is 0 Å². The van der Waals surface area contributed by atoms with E-state index in [1.54, 1.807) is 0 Å². The number of alkyl halides is 3. The van der Waals surface area contributed by atoms with Gasteiger partial charge in [0.05, 0.1) is 0 Å². The lowest BCUT2D eigenvalue weighted by Gasteiger charge is -2.14. The third kappa shape index (κ3) is 2.78. The lowest BCUT2D eigenvalue weighted by atomic mass is 10.2. The molecular weight excluding hydrogens is 305 g/mol. The monoisotopic (exact) mass is 308 g/mol. The Kier molecular flexibility index (Phi) is 3.60. The van der Waals surface area contributed by atoms with Crippen LogP contribution in [0.15, 0.2) is 10.5 Å². The highest BCUT2D eigenvalue weighted by atomic mass is 79.9. The first kappa shape index (κ1) is 11.7. The Hall–Kier alpha value is 0.620. The van der Waals surface area contributed by atoms with Gasteiger partial charge in [0.15, 0.2) is 0 Å². The fourth-order valence-electron chi connectivity index (χ4n) is 0.738. The van der Waals surface area contributed by atoms with Crippen LogP contribution in [0.2, 0.25) is 4.34 Å². The van der Waals surface area contributed by atoms with E-state index < -0.39 is 11.3 Å². The van der Waals surface area contributed by atoms with Crippen LogP contribution in [-0.2, 0) is 0 Å². The van der Waals surface area contributed by atoms with Crippen LogP contribution in [0.3, 0.4) is 0 Å². The lowest BCUT2D eigenvalue weighted by Crippen LogP contribution is -2.16. The number of hydrogen-bond donors (Lipinski definition) is 0. The molecule has 0 N–H and O–H groups in total. The normalized spacial score (nSPS) is 14.6. The van der Waals surface area contributed by atoms with Crippen molar-refractivity contribution in [1.82, 2.24) is 0 Å². The van der Waals surface area contributed by atoms with Crippen molar-refractivity contribution in [1.29, 1.82) is 0 Å². The van der Waals surface area contributed by atoms with Crippen LogP contribution in [-0.4, -0.2) is 5.92 Å². The number of thiophene rings is 1. The molecule has 74 valence electrons. The van der Waals surface area contributed by atoms with Crippen molar-refractivity contribution in [2.24, 2.45) is 0 Å². The quantitative estimate of drug-likeness (QED) is 0.667. The molecule has 0 bridgehead atoms. The highest BCUT2D eigenvalue weighted by Gasteiger charge is 2.35. The summed E-state index contributed by atoms with van der Waals surface area (Å²) in [6, 6.07) is 1.52. The van der Waals surface area contributed by atoms with E-state index in [0.29, 0.717) is 13.7 Å². The van der Waals surface area contributed by atoms with Crippen LogP contribution in [0.4, 0.5) is 8.78 Å². The van der Waals surface area contributed by atoms with Crippen LogP contribution >= 0.6 is 50.5 Å². The van der Waals surface area contributed by atoms with Crippen LogP contribution in [0, 0.1) is 0 Å². The molecule has 6 heteroatoms. The third-order valence-corrected chi connectivity index (χ3v) is 4.65. The summed E-state index contributed by atoms with van der Waals surface area (Å²) < 4.78 is 26.6. The molecule has 0 aliphatic heterocycles. The molecule has 1 aromatic heterocycles. The summed E-state index contributed by atoms with van der Waals surface area (Å²) in [5, 5.41) is -1.32. The van der Waals surface area contributed by atoms with E-state index in [2.05, 4.69) is 15.9 Å². The molecule has 1 unspecified atom stereocenters. The van der Waals surface area contributed by atoms with Crippen molar-refractivity contribution in [3.63, 3.8) is 0 Å². The average Bonchev–Trinajstić information content (AvgIpc) is 2.29. The van der Waals surface area contributed by atoms with Gasteiger partial charge in [0.25, 0.3) is 5.92 Å². The lowest BCUT2D eigenvalue weighted by molar-refractivity contribution is 0.0178. The molecule has 1 aromatic rings. The van der Waals surface area contributed by atoms with Gasteiger partial charge < -0.3 is 0 Å².